The predicted octanol–water partition coefficient (Wildman–Crippen LogP) is 2.86. The van der Waals surface area contributed by atoms with Gasteiger partial charge in [0.2, 0.25) is 0 Å². The minimum Gasteiger partial charge on any atom is -0.350 e. The summed E-state index contributed by atoms with van der Waals surface area (Å²) >= 11 is 1.80. The first-order valence-corrected chi connectivity index (χ1v) is 7.19. The number of hydrogen-bond acceptors (Lipinski definition) is 4. The summed E-state index contributed by atoms with van der Waals surface area (Å²) in [6.45, 7) is 6.83. The molecule has 1 saturated heterocycles. The first kappa shape index (κ1) is 13.0. The van der Waals surface area contributed by atoms with Crippen molar-refractivity contribution in [1.82, 2.24) is 5.32 Å². The van der Waals surface area contributed by atoms with Crippen LogP contribution < -0.4 is 5.32 Å². The summed E-state index contributed by atoms with van der Waals surface area (Å²) in [6.07, 6.45) is 2.01. The van der Waals surface area contributed by atoms with Gasteiger partial charge in [-0.3, -0.25) is 0 Å². The lowest BCUT2D eigenvalue weighted by molar-refractivity contribution is -0.0529. The molecule has 0 radical (unpaired) electrons. The van der Waals surface area contributed by atoms with Crippen molar-refractivity contribution in [3.8, 4) is 0 Å². The fourth-order valence-electron chi connectivity index (χ4n) is 2.04. The van der Waals surface area contributed by atoms with E-state index in [1.54, 1.807) is 11.3 Å². The lowest BCUT2D eigenvalue weighted by Gasteiger charge is -2.20. The average molecular weight is 255 g/mol. The highest BCUT2D eigenvalue weighted by atomic mass is 32.1. The topological polar surface area (TPSA) is 30.5 Å². The van der Waals surface area contributed by atoms with Crippen LogP contribution in [0.1, 0.15) is 36.2 Å². The van der Waals surface area contributed by atoms with E-state index < -0.39 is 0 Å². The van der Waals surface area contributed by atoms with Crippen molar-refractivity contribution in [3.05, 3.63) is 21.9 Å². The van der Waals surface area contributed by atoms with E-state index in [9.17, 15) is 0 Å². The SMILES string of the molecule is CCCNC(CC1OCCO1)c1csc(C)c1. The van der Waals surface area contributed by atoms with Gasteiger partial charge >= 0.3 is 0 Å². The van der Waals surface area contributed by atoms with Crippen molar-refractivity contribution in [2.45, 2.75) is 39.0 Å². The minimum absolute atomic E-state index is 0.0374. The zero-order chi connectivity index (χ0) is 12.1. The van der Waals surface area contributed by atoms with Crippen LogP contribution in [0.5, 0.6) is 0 Å². The molecule has 1 fully saturated rings. The summed E-state index contributed by atoms with van der Waals surface area (Å²) < 4.78 is 11.1. The molecule has 17 heavy (non-hydrogen) atoms. The zero-order valence-corrected chi connectivity index (χ0v) is 11.4. The van der Waals surface area contributed by atoms with E-state index in [1.807, 2.05) is 0 Å². The monoisotopic (exact) mass is 255 g/mol. The van der Waals surface area contributed by atoms with Gasteiger partial charge in [-0.1, -0.05) is 6.92 Å². The Morgan fingerprint density at radius 1 is 1.47 bits per heavy atom. The smallest absolute Gasteiger partial charge is 0.159 e. The van der Waals surface area contributed by atoms with Crippen LogP contribution in [0.2, 0.25) is 0 Å². The number of ether oxygens (including phenoxy) is 2. The van der Waals surface area contributed by atoms with E-state index in [0.717, 1.165) is 32.6 Å². The number of nitrogens with one attached hydrogen (secondary N) is 1. The van der Waals surface area contributed by atoms with Crippen molar-refractivity contribution in [2.24, 2.45) is 0 Å². The van der Waals surface area contributed by atoms with E-state index in [1.165, 1.54) is 10.4 Å². The van der Waals surface area contributed by atoms with E-state index in [2.05, 4.69) is 30.6 Å². The molecule has 96 valence electrons. The van der Waals surface area contributed by atoms with Crippen LogP contribution in [0.15, 0.2) is 11.4 Å². The van der Waals surface area contributed by atoms with Crippen LogP contribution in [0.25, 0.3) is 0 Å². The first-order chi connectivity index (χ1) is 8.29. The van der Waals surface area contributed by atoms with Crippen LogP contribution in [-0.2, 0) is 9.47 Å². The molecule has 2 rings (SSSR count). The fraction of sp³-hybridized carbons (Fsp3) is 0.692. The maximum atomic E-state index is 5.53. The van der Waals surface area contributed by atoms with E-state index in [-0.39, 0.29) is 6.29 Å². The molecule has 4 heteroatoms. The molecular formula is C13H21NO2S. The Kier molecular flexibility index (Phi) is 4.98. The number of rotatable bonds is 6. The standard InChI is InChI=1S/C13H21NO2S/c1-3-4-14-12(8-13-15-5-6-16-13)11-7-10(2)17-9-11/h7,9,12-14H,3-6,8H2,1-2H3. The van der Waals surface area contributed by atoms with Crippen molar-refractivity contribution < 1.29 is 9.47 Å². The second-order valence-corrected chi connectivity index (χ2v) is 5.52. The highest BCUT2D eigenvalue weighted by molar-refractivity contribution is 7.10. The highest BCUT2D eigenvalue weighted by Crippen LogP contribution is 2.26. The van der Waals surface area contributed by atoms with Gasteiger partial charge in [0.05, 0.1) is 13.2 Å². The Morgan fingerprint density at radius 3 is 2.82 bits per heavy atom. The zero-order valence-electron chi connectivity index (χ0n) is 10.6. The summed E-state index contributed by atoms with van der Waals surface area (Å²) in [5, 5.41) is 5.81. The van der Waals surface area contributed by atoms with Crippen LogP contribution in [0, 0.1) is 6.92 Å². The highest BCUT2D eigenvalue weighted by Gasteiger charge is 2.22. The molecule has 2 heterocycles. The molecule has 0 bridgehead atoms. The molecule has 1 aromatic heterocycles. The van der Waals surface area contributed by atoms with E-state index in [4.69, 9.17) is 9.47 Å². The van der Waals surface area contributed by atoms with Gasteiger partial charge in [0.1, 0.15) is 0 Å². The second kappa shape index (κ2) is 6.50. The van der Waals surface area contributed by atoms with Gasteiger partial charge in [-0.15, -0.1) is 11.3 Å². The molecule has 1 unspecified atom stereocenters. The molecule has 3 nitrogen and oxygen atoms in total. The van der Waals surface area contributed by atoms with Gasteiger partial charge in [-0.05, 0) is 36.9 Å². The third-order valence-corrected chi connectivity index (χ3v) is 3.79. The number of aryl methyl sites for hydroxylation is 1. The maximum Gasteiger partial charge on any atom is 0.159 e. The van der Waals surface area contributed by atoms with Crippen molar-refractivity contribution in [3.63, 3.8) is 0 Å². The Balaban J connectivity index is 1.96. The van der Waals surface area contributed by atoms with Crippen LogP contribution in [-0.4, -0.2) is 26.0 Å². The molecule has 0 aliphatic carbocycles. The molecule has 0 saturated carbocycles. The lowest BCUT2D eigenvalue weighted by atomic mass is 10.1. The quantitative estimate of drug-likeness (QED) is 0.848. The van der Waals surface area contributed by atoms with Gasteiger partial charge in [0.25, 0.3) is 0 Å². The molecule has 0 spiro atoms. The van der Waals surface area contributed by atoms with Crippen molar-refractivity contribution in [1.29, 1.82) is 0 Å². The number of thiophene rings is 1. The first-order valence-electron chi connectivity index (χ1n) is 6.31. The lowest BCUT2D eigenvalue weighted by Crippen LogP contribution is -2.26. The fourth-order valence-corrected chi connectivity index (χ4v) is 2.80. The molecule has 1 atom stereocenters. The van der Waals surface area contributed by atoms with E-state index in [0.29, 0.717) is 6.04 Å². The van der Waals surface area contributed by atoms with Crippen LogP contribution >= 0.6 is 11.3 Å². The van der Waals surface area contributed by atoms with Crippen LogP contribution in [0.4, 0.5) is 0 Å². The Bertz CT molecular complexity index is 334. The maximum absolute atomic E-state index is 5.53. The summed E-state index contributed by atoms with van der Waals surface area (Å²) in [7, 11) is 0. The third-order valence-electron chi connectivity index (χ3n) is 2.91. The Hall–Kier alpha value is -0.420. The van der Waals surface area contributed by atoms with Crippen molar-refractivity contribution in [2.75, 3.05) is 19.8 Å². The van der Waals surface area contributed by atoms with Gasteiger partial charge in [0.15, 0.2) is 6.29 Å². The van der Waals surface area contributed by atoms with E-state index >= 15 is 0 Å². The second-order valence-electron chi connectivity index (χ2n) is 4.40. The largest absolute Gasteiger partial charge is 0.350 e. The van der Waals surface area contributed by atoms with Gasteiger partial charge in [-0.2, -0.15) is 0 Å². The average Bonchev–Trinajstić information content (AvgIpc) is 2.95. The number of hydrogen-bond donors (Lipinski definition) is 1. The molecular weight excluding hydrogens is 234 g/mol. The normalized spacial score (nSPS) is 18.7. The molecule has 1 aliphatic heterocycles. The molecule has 0 aromatic carbocycles. The minimum atomic E-state index is -0.0374. The summed E-state index contributed by atoms with van der Waals surface area (Å²) in [5.74, 6) is 0. The van der Waals surface area contributed by atoms with Gasteiger partial charge in [0, 0.05) is 17.3 Å². The molecule has 1 aliphatic rings. The summed E-state index contributed by atoms with van der Waals surface area (Å²) in [6, 6.07) is 2.61. The van der Waals surface area contributed by atoms with Crippen LogP contribution in [0.3, 0.4) is 0 Å². The molecule has 0 amide bonds. The van der Waals surface area contributed by atoms with Gasteiger partial charge < -0.3 is 14.8 Å². The Morgan fingerprint density at radius 2 is 2.24 bits per heavy atom. The molecule has 1 N–H and O–H groups in total. The van der Waals surface area contributed by atoms with Crippen molar-refractivity contribution >= 4 is 11.3 Å². The summed E-state index contributed by atoms with van der Waals surface area (Å²) in [5.41, 5.74) is 1.36. The molecule has 1 aromatic rings. The Labute approximate surface area is 107 Å². The summed E-state index contributed by atoms with van der Waals surface area (Å²) in [4.78, 5) is 1.36. The van der Waals surface area contributed by atoms with Gasteiger partial charge in [-0.25, -0.2) is 0 Å². The predicted molar refractivity (Wildman–Crippen MR) is 70.4 cm³/mol. The third kappa shape index (κ3) is 3.78.